The molecule has 2 nitrogen and oxygen atoms in total. The molecular formula is C21H21NOS. The first-order valence-corrected chi connectivity index (χ1v) is 9.31. The number of rotatable bonds is 6. The van der Waals surface area contributed by atoms with Crippen LogP contribution in [-0.4, -0.2) is 13.2 Å². The van der Waals surface area contributed by atoms with Crippen LogP contribution < -0.4 is 10.5 Å². The van der Waals surface area contributed by atoms with E-state index >= 15 is 0 Å². The molecule has 0 fully saturated rings. The molecule has 2 aromatic carbocycles. The Morgan fingerprint density at radius 3 is 2.71 bits per heavy atom. The quantitative estimate of drug-likeness (QED) is 0.548. The highest BCUT2D eigenvalue weighted by Gasteiger charge is 2.22. The van der Waals surface area contributed by atoms with Crippen molar-refractivity contribution >= 4 is 11.3 Å². The second kappa shape index (κ2) is 6.80. The van der Waals surface area contributed by atoms with E-state index in [0.717, 1.165) is 18.6 Å². The molecule has 122 valence electrons. The molecule has 1 unspecified atom stereocenters. The first kappa shape index (κ1) is 15.4. The van der Waals surface area contributed by atoms with E-state index < -0.39 is 0 Å². The van der Waals surface area contributed by atoms with Gasteiger partial charge >= 0.3 is 0 Å². The van der Waals surface area contributed by atoms with Crippen molar-refractivity contribution in [3.05, 3.63) is 76.0 Å². The van der Waals surface area contributed by atoms with Gasteiger partial charge in [0.2, 0.25) is 0 Å². The normalized spacial score (nSPS) is 13.4. The van der Waals surface area contributed by atoms with Crippen LogP contribution in [0, 0.1) is 0 Å². The molecule has 1 aromatic heterocycles. The molecule has 24 heavy (non-hydrogen) atoms. The molecular weight excluding hydrogens is 314 g/mol. The number of hydrogen-bond donors (Lipinski definition) is 1. The highest BCUT2D eigenvalue weighted by Crippen LogP contribution is 2.41. The summed E-state index contributed by atoms with van der Waals surface area (Å²) in [6, 6.07) is 19.3. The predicted molar refractivity (Wildman–Crippen MR) is 101 cm³/mol. The Balaban J connectivity index is 1.56. The second-order valence-corrected chi connectivity index (χ2v) is 7.20. The number of nitrogens with two attached hydrogens (primary N) is 1. The highest BCUT2D eigenvalue weighted by atomic mass is 32.1. The van der Waals surface area contributed by atoms with Crippen LogP contribution in [-0.2, 0) is 6.42 Å². The summed E-state index contributed by atoms with van der Waals surface area (Å²) in [7, 11) is 0. The first-order valence-electron chi connectivity index (χ1n) is 8.43. The molecule has 3 heteroatoms. The van der Waals surface area contributed by atoms with Gasteiger partial charge in [0.25, 0.3) is 0 Å². The van der Waals surface area contributed by atoms with Crippen LogP contribution >= 0.6 is 11.3 Å². The van der Waals surface area contributed by atoms with Gasteiger partial charge in [-0.25, -0.2) is 0 Å². The van der Waals surface area contributed by atoms with Crippen LogP contribution in [0.25, 0.3) is 11.1 Å². The molecule has 0 aliphatic heterocycles. The van der Waals surface area contributed by atoms with E-state index in [1.807, 2.05) is 0 Å². The van der Waals surface area contributed by atoms with E-state index in [9.17, 15) is 0 Å². The molecule has 0 saturated heterocycles. The van der Waals surface area contributed by atoms with Crippen LogP contribution in [0.15, 0.2) is 60.0 Å². The Labute approximate surface area is 146 Å². The lowest BCUT2D eigenvalue weighted by atomic mass is 10.0. The second-order valence-electron chi connectivity index (χ2n) is 6.22. The van der Waals surface area contributed by atoms with Crippen molar-refractivity contribution in [2.75, 3.05) is 13.2 Å². The van der Waals surface area contributed by atoms with Gasteiger partial charge in [-0.05, 0) is 47.2 Å². The average Bonchev–Trinajstić information content (AvgIpc) is 3.26. The maximum atomic E-state index is 6.27. The summed E-state index contributed by atoms with van der Waals surface area (Å²) in [5, 5.41) is 2.12. The molecule has 0 amide bonds. The van der Waals surface area contributed by atoms with Gasteiger partial charge in [-0.1, -0.05) is 42.5 Å². The first-order chi connectivity index (χ1) is 11.9. The molecule has 3 aromatic rings. The molecule has 1 atom stereocenters. The zero-order valence-electron chi connectivity index (χ0n) is 13.6. The zero-order chi connectivity index (χ0) is 16.4. The Morgan fingerprint density at radius 2 is 1.88 bits per heavy atom. The Hall–Kier alpha value is -2.10. The van der Waals surface area contributed by atoms with Crippen molar-refractivity contribution in [3.63, 3.8) is 0 Å². The number of thiophene rings is 1. The molecule has 1 aliphatic rings. The molecule has 4 rings (SSSR count). The minimum atomic E-state index is 0.370. The van der Waals surface area contributed by atoms with Crippen LogP contribution in [0.1, 0.15) is 28.3 Å². The fourth-order valence-electron chi connectivity index (χ4n) is 3.49. The summed E-state index contributed by atoms with van der Waals surface area (Å²) < 4.78 is 6.27. The molecule has 0 radical (unpaired) electrons. The monoisotopic (exact) mass is 335 g/mol. The molecule has 1 aliphatic carbocycles. The third-order valence-electron chi connectivity index (χ3n) is 4.71. The van der Waals surface area contributed by atoms with E-state index in [0.29, 0.717) is 19.1 Å². The standard InChI is InChI=1S/C21H21NOS/c22-11-10-16(21-9-4-12-24-21)14-23-20-8-3-7-18-17-6-2-1-5-15(17)13-19(18)20/h1-9,12,16H,10-11,13-14,22H2. The summed E-state index contributed by atoms with van der Waals surface area (Å²) >= 11 is 1.79. The van der Waals surface area contributed by atoms with Gasteiger partial charge < -0.3 is 10.5 Å². The van der Waals surface area contributed by atoms with Gasteiger partial charge in [0, 0.05) is 22.8 Å². The van der Waals surface area contributed by atoms with Gasteiger partial charge in [0.05, 0.1) is 6.61 Å². The number of benzene rings is 2. The van der Waals surface area contributed by atoms with Gasteiger partial charge in [0.1, 0.15) is 5.75 Å². The van der Waals surface area contributed by atoms with Crippen LogP contribution in [0.2, 0.25) is 0 Å². The molecule has 0 bridgehead atoms. The lowest BCUT2D eigenvalue weighted by Gasteiger charge is -2.17. The van der Waals surface area contributed by atoms with Gasteiger partial charge in [-0.2, -0.15) is 0 Å². The van der Waals surface area contributed by atoms with Gasteiger partial charge in [-0.15, -0.1) is 11.3 Å². The minimum Gasteiger partial charge on any atom is -0.493 e. The van der Waals surface area contributed by atoms with Crippen molar-refractivity contribution < 1.29 is 4.74 Å². The third kappa shape index (κ3) is 2.85. The van der Waals surface area contributed by atoms with E-state index in [4.69, 9.17) is 10.5 Å². The maximum Gasteiger partial charge on any atom is 0.123 e. The zero-order valence-corrected chi connectivity index (χ0v) is 14.4. The lowest BCUT2D eigenvalue weighted by molar-refractivity contribution is 0.282. The fraction of sp³-hybridized carbons (Fsp3) is 0.238. The summed E-state index contributed by atoms with van der Waals surface area (Å²) in [4.78, 5) is 1.36. The van der Waals surface area contributed by atoms with E-state index in [2.05, 4.69) is 60.0 Å². The van der Waals surface area contributed by atoms with E-state index in [1.165, 1.54) is 27.1 Å². The van der Waals surface area contributed by atoms with Gasteiger partial charge in [0.15, 0.2) is 0 Å². The predicted octanol–water partition coefficient (Wildman–Crippen LogP) is 4.83. The van der Waals surface area contributed by atoms with Crippen LogP contribution in [0.4, 0.5) is 0 Å². The number of fused-ring (bicyclic) bond motifs is 3. The van der Waals surface area contributed by atoms with E-state index in [1.54, 1.807) is 11.3 Å². The Kier molecular flexibility index (Phi) is 4.37. The maximum absolute atomic E-state index is 6.27. The van der Waals surface area contributed by atoms with Crippen molar-refractivity contribution in [2.24, 2.45) is 5.73 Å². The van der Waals surface area contributed by atoms with Crippen molar-refractivity contribution in [1.82, 2.24) is 0 Å². The summed E-state index contributed by atoms with van der Waals surface area (Å²) in [5.74, 6) is 1.39. The van der Waals surface area contributed by atoms with Crippen LogP contribution in [0.3, 0.4) is 0 Å². The van der Waals surface area contributed by atoms with Crippen LogP contribution in [0.5, 0.6) is 5.75 Å². The van der Waals surface area contributed by atoms with Crippen molar-refractivity contribution in [3.8, 4) is 16.9 Å². The summed E-state index contributed by atoms with van der Waals surface area (Å²) in [6.07, 6.45) is 1.91. The Bertz CT molecular complexity index is 826. The summed E-state index contributed by atoms with van der Waals surface area (Å²) in [6.45, 7) is 1.37. The third-order valence-corrected chi connectivity index (χ3v) is 5.74. The lowest BCUT2D eigenvalue weighted by Crippen LogP contribution is -2.14. The smallest absolute Gasteiger partial charge is 0.123 e. The average molecular weight is 335 g/mol. The number of hydrogen-bond acceptors (Lipinski definition) is 3. The summed E-state index contributed by atoms with van der Waals surface area (Å²) in [5.41, 5.74) is 11.2. The highest BCUT2D eigenvalue weighted by molar-refractivity contribution is 7.10. The SMILES string of the molecule is NCCC(COc1cccc2c1Cc1ccccc1-2)c1cccs1. The molecule has 1 heterocycles. The number of ether oxygens (including phenoxy) is 1. The van der Waals surface area contributed by atoms with E-state index in [-0.39, 0.29) is 0 Å². The minimum absolute atomic E-state index is 0.370. The molecule has 2 N–H and O–H groups in total. The van der Waals surface area contributed by atoms with Crippen molar-refractivity contribution in [1.29, 1.82) is 0 Å². The Morgan fingerprint density at radius 1 is 1.00 bits per heavy atom. The van der Waals surface area contributed by atoms with Crippen molar-refractivity contribution in [2.45, 2.75) is 18.8 Å². The molecule has 0 spiro atoms. The fourth-order valence-corrected chi connectivity index (χ4v) is 4.34. The largest absolute Gasteiger partial charge is 0.493 e. The topological polar surface area (TPSA) is 35.2 Å². The van der Waals surface area contributed by atoms with Gasteiger partial charge in [-0.3, -0.25) is 0 Å². The molecule has 0 saturated carbocycles.